The van der Waals surface area contributed by atoms with Gasteiger partial charge >= 0.3 is 5.97 Å². The minimum atomic E-state index is -3.29. The van der Waals surface area contributed by atoms with Crippen LogP contribution in [0, 0.1) is 5.92 Å². The van der Waals surface area contributed by atoms with Crippen LogP contribution in [0.25, 0.3) is 10.9 Å². The fourth-order valence-corrected chi connectivity index (χ4v) is 4.35. The predicted molar refractivity (Wildman–Crippen MR) is 110 cm³/mol. The highest BCUT2D eigenvalue weighted by Gasteiger charge is 2.33. The summed E-state index contributed by atoms with van der Waals surface area (Å²) in [6.45, 7) is 4.80. The van der Waals surface area contributed by atoms with E-state index in [1.54, 1.807) is 29.3 Å². The Morgan fingerprint density at radius 2 is 1.83 bits per heavy atom. The van der Waals surface area contributed by atoms with E-state index in [2.05, 4.69) is 10.3 Å². The number of nitrogens with zero attached hydrogens (tertiary/aromatic N) is 2. The highest BCUT2D eigenvalue weighted by Crippen LogP contribution is 2.31. The molecule has 10 heteroatoms. The number of benzene rings is 1. The third kappa shape index (κ3) is 4.60. The van der Waals surface area contributed by atoms with Gasteiger partial charge in [0, 0.05) is 60.4 Å². The molecule has 0 bridgehead atoms. The molecule has 1 saturated heterocycles. The van der Waals surface area contributed by atoms with Gasteiger partial charge in [-0.15, -0.1) is 0 Å². The first-order valence-electron chi connectivity index (χ1n) is 9.42. The number of piperazine rings is 1. The number of aliphatic carboxylic acids is 1. The molecule has 0 radical (unpaired) electrons. The maximum atomic E-state index is 12.1. The van der Waals surface area contributed by atoms with Gasteiger partial charge in [-0.3, -0.25) is 14.5 Å². The van der Waals surface area contributed by atoms with Crippen molar-refractivity contribution in [3.05, 3.63) is 30.0 Å². The number of hydrogen-bond donors (Lipinski definition) is 3. The summed E-state index contributed by atoms with van der Waals surface area (Å²) in [5.41, 5.74) is 1.97. The lowest BCUT2D eigenvalue weighted by Gasteiger charge is -2.36. The lowest BCUT2D eigenvalue weighted by atomic mass is 10.0. The number of aromatic amines is 1. The molecular weight excluding hydrogens is 396 g/mol. The van der Waals surface area contributed by atoms with Crippen molar-refractivity contribution in [2.24, 2.45) is 5.92 Å². The Bertz CT molecular complexity index is 1020. The van der Waals surface area contributed by atoms with Crippen molar-refractivity contribution in [1.82, 2.24) is 14.2 Å². The molecule has 1 fully saturated rings. The van der Waals surface area contributed by atoms with Crippen LogP contribution < -0.4 is 5.32 Å². The zero-order valence-electron chi connectivity index (χ0n) is 16.7. The fraction of sp³-hybridized carbons (Fsp3) is 0.474. The number of carbonyl (C=O) groups is 2. The van der Waals surface area contributed by atoms with Gasteiger partial charge in [0.05, 0.1) is 6.26 Å². The average molecular weight is 423 g/mol. The van der Waals surface area contributed by atoms with Crippen molar-refractivity contribution in [2.75, 3.05) is 37.8 Å². The summed E-state index contributed by atoms with van der Waals surface area (Å²) in [4.78, 5) is 28.8. The van der Waals surface area contributed by atoms with E-state index in [4.69, 9.17) is 0 Å². The van der Waals surface area contributed by atoms with Gasteiger partial charge in [-0.05, 0) is 12.1 Å². The van der Waals surface area contributed by atoms with Gasteiger partial charge in [0.15, 0.2) is 0 Å². The van der Waals surface area contributed by atoms with Gasteiger partial charge in [-0.25, -0.2) is 8.42 Å². The molecular formula is C19H26N4O5S. The van der Waals surface area contributed by atoms with Crippen LogP contribution in [0.5, 0.6) is 0 Å². The molecule has 0 spiro atoms. The maximum Gasteiger partial charge on any atom is 0.325 e. The Hall–Kier alpha value is -2.43. The van der Waals surface area contributed by atoms with Crippen LogP contribution in [0.15, 0.2) is 24.4 Å². The molecule has 29 heavy (non-hydrogen) atoms. The Morgan fingerprint density at radius 1 is 1.17 bits per heavy atom. The number of nitrogens with one attached hydrogen (secondary N) is 2. The Kier molecular flexibility index (Phi) is 5.97. The molecule has 3 rings (SSSR count). The summed E-state index contributed by atoms with van der Waals surface area (Å²) in [5.74, 6) is -1.23. The lowest BCUT2D eigenvalue weighted by Crippen LogP contribution is -2.50. The van der Waals surface area contributed by atoms with Crippen LogP contribution in [-0.2, 0) is 19.6 Å². The van der Waals surface area contributed by atoms with Crippen LogP contribution in [0.1, 0.15) is 25.5 Å². The summed E-state index contributed by atoms with van der Waals surface area (Å²) >= 11 is 0. The van der Waals surface area contributed by atoms with E-state index in [-0.39, 0.29) is 24.9 Å². The number of hydrogen-bond acceptors (Lipinski definition) is 5. The van der Waals surface area contributed by atoms with Crippen molar-refractivity contribution in [3.63, 3.8) is 0 Å². The number of carboxylic acid groups (broad SMARTS) is 1. The van der Waals surface area contributed by atoms with Gasteiger partial charge in [0.25, 0.3) is 0 Å². The second-order valence-corrected chi connectivity index (χ2v) is 9.57. The zero-order chi connectivity index (χ0) is 21.3. The van der Waals surface area contributed by atoms with E-state index in [0.717, 1.165) is 17.2 Å². The molecule has 2 heterocycles. The molecule has 3 N–H and O–H groups in total. The average Bonchev–Trinajstić information content (AvgIpc) is 3.04. The standard InChI is InChI=1S/C19H26N4O5S/c1-12(2)18(24)21-13-4-5-14-15(11-20-16(14)10-13)17(19(25)26)22-6-8-23(9-7-22)29(3,27)28/h4-5,10-12,17,20H,6-9H2,1-3H3,(H,21,24)(H,25,26)/t17-/m1/s1. The first kappa shape index (κ1) is 21.3. The van der Waals surface area contributed by atoms with Gasteiger partial charge in [0.1, 0.15) is 6.04 Å². The van der Waals surface area contributed by atoms with Crippen LogP contribution in [0.3, 0.4) is 0 Å². The van der Waals surface area contributed by atoms with Gasteiger partial charge in [-0.2, -0.15) is 4.31 Å². The van der Waals surface area contributed by atoms with E-state index >= 15 is 0 Å². The van der Waals surface area contributed by atoms with Gasteiger partial charge in [-0.1, -0.05) is 19.9 Å². The van der Waals surface area contributed by atoms with Crippen molar-refractivity contribution >= 4 is 38.5 Å². The van der Waals surface area contributed by atoms with Crippen molar-refractivity contribution < 1.29 is 23.1 Å². The molecule has 2 aromatic rings. The number of anilines is 1. The topological polar surface area (TPSA) is 123 Å². The second kappa shape index (κ2) is 8.13. The molecule has 1 atom stereocenters. The number of carboxylic acids is 1. The summed E-state index contributed by atoms with van der Waals surface area (Å²) in [6, 6.07) is 4.43. The number of carbonyl (C=O) groups excluding carboxylic acids is 1. The minimum absolute atomic E-state index is 0.0942. The van der Waals surface area contributed by atoms with Crippen LogP contribution in [0.4, 0.5) is 5.69 Å². The number of amides is 1. The Balaban J connectivity index is 1.85. The third-order valence-corrected chi connectivity index (χ3v) is 6.44. The normalized spacial score (nSPS) is 17.5. The quantitative estimate of drug-likeness (QED) is 0.648. The third-order valence-electron chi connectivity index (χ3n) is 5.14. The highest BCUT2D eigenvalue weighted by molar-refractivity contribution is 7.88. The number of H-pyrrole nitrogens is 1. The van der Waals surface area contributed by atoms with Crippen LogP contribution in [-0.4, -0.2) is 72.0 Å². The van der Waals surface area contributed by atoms with Crippen molar-refractivity contribution in [1.29, 1.82) is 0 Å². The first-order chi connectivity index (χ1) is 13.6. The molecule has 158 valence electrons. The Labute approximate surface area is 169 Å². The summed E-state index contributed by atoms with van der Waals surface area (Å²) in [6.07, 6.45) is 2.83. The molecule has 0 aliphatic carbocycles. The second-order valence-electron chi connectivity index (χ2n) is 7.59. The molecule has 1 aliphatic rings. The molecule has 1 aromatic heterocycles. The number of aromatic nitrogens is 1. The maximum absolute atomic E-state index is 12.1. The van der Waals surface area contributed by atoms with Gasteiger partial charge in [0.2, 0.25) is 15.9 Å². The lowest BCUT2D eigenvalue weighted by molar-refractivity contribution is -0.144. The van der Waals surface area contributed by atoms with E-state index in [1.165, 1.54) is 4.31 Å². The molecule has 0 unspecified atom stereocenters. The zero-order valence-corrected chi connectivity index (χ0v) is 17.5. The molecule has 0 saturated carbocycles. The van der Waals surface area contributed by atoms with E-state index in [1.807, 2.05) is 13.8 Å². The predicted octanol–water partition coefficient (Wildman–Crippen LogP) is 1.47. The highest BCUT2D eigenvalue weighted by atomic mass is 32.2. The summed E-state index contributed by atoms with van der Waals surface area (Å²) < 4.78 is 24.8. The van der Waals surface area contributed by atoms with Crippen LogP contribution >= 0.6 is 0 Å². The van der Waals surface area contributed by atoms with E-state index in [0.29, 0.717) is 24.3 Å². The summed E-state index contributed by atoms with van der Waals surface area (Å²) in [7, 11) is -3.29. The van der Waals surface area contributed by atoms with Crippen molar-refractivity contribution in [3.8, 4) is 0 Å². The number of sulfonamides is 1. The molecule has 9 nitrogen and oxygen atoms in total. The number of fused-ring (bicyclic) bond motifs is 1. The molecule has 1 aromatic carbocycles. The summed E-state index contributed by atoms with van der Waals surface area (Å²) in [5, 5.41) is 13.5. The monoisotopic (exact) mass is 422 g/mol. The fourth-order valence-electron chi connectivity index (χ4n) is 3.52. The first-order valence-corrected chi connectivity index (χ1v) is 11.3. The molecule has 1 amide bonds. The molecule has 1 aliphatic heterocycles. The van der Waals surface area contributed by atoms with Crippen LogP contribution in [0.2, 0.25) is 0 Å². The SMILES string of the molecule is CC(C)C(=O)Nc1ccc2c([C@H](C(=O)O)N3CCN(S(C)(=O)=O)CC3)c[nH]c2c1. The smallest absolute Gasteiger partial charge is 0.325 e. The largest absolute Gasteiger partial charge is 0.480 e. The minimum Gasteiger partial charge on any atom is -0.480 e. The van der Waals surface area contributed by atoms with E-state index < -0.39 is 22.0 Å². The Morgan fingerprint density at radius 3 is 2.38 bits per heavy atom. The van der Waals surface area contributed by atoms with Gasteiger partial charge < -0.3 is 15.4 Å². The van der Waals surface area contributed by atoms with Crippen molar-refractivity contribution in [2.45, 2.75) is 19.9 Å². The number of rotatable bonds is 6. The van der Waals surface area contributed by atoms with E-state index in [9.17, 15) is 23.1 Å².